The lowest BCUT2D eigenvalue weighted by Gasteiger charge is -2.51. The Bertz CT molecular complexity index is 1120. The van der Waals surface area contributed by atoms with Crippen molar-refractivity contribution in [2.75, 3.05) is 6.61 Å². The van der Waals surface area contributed by atoms with E-state index in [1.165, 1.54) is 0 Å². The van der Waals surface area contributed by atoms with E-state index in [9.17, 15) is 31.1 Å². The zero-order valence-corrected chi connectivity index (χ0v) is 18.1. The summed E-state index contributed by atoms with van der Waals surface area (Å²) in [6.45, 7) is -0.247. The molecule has 33 heavy (non-hydrogen) atoms. The second-order valence-electron chi connectivity index (χ2n) is 8.76. The molecular formula is C22H15Cl2F6NO2. The molecule has 176 valence electrons. The molecule has 2 fully saturated rings. The quantitative estimate of drug-likeness (QED) is 0.285. The zero-order valence-electron chi connectivity index (χ0n) is 16.6. The Kier molecular flexibility index (Phi) is 4.84. The van der Waals surface area contributed by atoms with Crippen LogP contribution >= 0.6 is 23.2 Å². The predicted molar refractivity (Wildman–Crippen MR) is 106 cm³/mol. The minimum atomic E-state index is -5.00. The number of halogens is 8. The lowest BCUT2D eigenvalue weighted by Crippen LogP contribution is -2.54. The molecule has 0 bridgehead atoms. The molecule has 5 atom stereocenters. The van der Waals surface area contributed by atoms with E-state index in [1.807, 2.05) is 12.1 Å². The van der Waals surface area contributed by atoms with E-state index in [0.29, 0.717) is 18.6 Å². The third-order valence-corrected chi connectivity index (χ3v) is 8.24. The van der Waals surface area contributed by atoms with Crippen LogP contribution in [0, 0.1) is 5.41 Å². The summed E-state index contributed by atoms with van der Waals surface area (Å²) in [6.07, 6.45) is -8.61. The van der Waals surface area contributed by atoms with Crippen molar-refractivity contribution in [1.82, 2.24) is 4.98 Å². The second kappa shape index (κ2) is 7.01. The van der Waals surface area contributed by atoms with Crippen LogP contribution in [0.25, 0.3) is 0 Å². The molecule has 0 radical (unpaired) electrons. The zero-order chi connectivity index (χ0) is 24.0. The molecule has 0 amide bonds. The van der Waals surface area contributed by atoms with Crippen molar-refractivity contribution in [3.8, 4) is 0 Å². The lowest BCUT2D eigenvalue weighted by molar-refractivity contribution is -0.147. The van der Waals surface area contributed by atoms with Crippen LogP contribution in [-0.4, -0.2) is 27.8 Å². The fourth-order valence-electron chi connectivity index (χ4n) is 5.58. The van der Waals surface area contributed by atoms with Gasteiger partial charge in [0.15, 0.2) is 0 Å². The molecule has 5 rings (SSSR count). The minimum Gasteiger partial charge on any atom is -0.464 e. The third-order valence-electron chi connectivity index (χ3n) is 7.03. The maximum atomic E-state index is 13.0. The highest BCUT2D eigenvalue weighted by Crippen LogP contribution is 2.87. The van der Waals surface area contributed by atoms with Gasteiger partial charge in [0.25, 0.3) is 0 Å². The van der Waals surface area contributed by atoms with Gasteiger partial charge in [0.2, 0.25) is 0 Å². The fourth-order valence-corrected chi connectivity index (χ4v) is 6.97. The first kappa shape index (κ1) is 22.8. The Hall–Kier alpha value is -2.00. The molecule has 0 aliphatic heterocycles. The fraction of sp³-hybridized carbons (Fsp3) is 0.455. The van der Waals surface area contributed by atoms with Crippen molar-refractivity contribution < 1.29 is 35.9 Å². The van der Waals surface area contributed by atoms with Gasteiger partial charge in [-0.3, -0.25) is 9.78 Å². The van der Waals surface area contributed by atoms with Gasteiger partial charge in [0.1, 0.15) is 6.61 Å². The molecule has 11 heteroatoms. The molecule has 3 nitrogen and oxygen atoms in total. The van der Waals surface area contributed by atoms with Crippen molar-refractivity contribution in [3.63, 3.8) is 0 Å². The molecule has 1 aromatic carbocycles. The van der Waals surface area contributed by atoms with Crippen LogP contribution in [0.15, 0.2) is 36.5 Å². The predicted octanol–water partition coefficient (Wildman–Crippen LogP) is 6.07. The van der Waals surface area contributed by atoms with Gasteiger partial charge in [-0.25, -0.2) is 0 Å². The van der Waals surface area contributed by atoms with Gasteiger partial charge in [-0.15, -0.1) is 23.2 Å². The summed E-state index contributed by atoms with van der Waals surface area (Å²) < 4.78 is 83.4. The first-order valence-electron chi connectivity index (χ1n) is 10.0. The van der Waals surface area contributed by atoms with Crippen molar-refractivity contribution in [2.45, 2.75) is 47.3 Å². The summed E-state index contributed by atoms with van der Waals surface area (Å²) in [5.41, 5.74) is -2.02. The third kappa shape index (κ3) is 3.26. The standard InChI is InChI=1S/C22H15Cl2F6NO2/c23-18-16-17-13(2-1-3-31-17)14-8-19(24,20(14,16)18)9-33-15(32)6-10-4-11(21(25,26)27)7-12(5-10)22(28,29)30/h1-5,7,14,16,18H,6,8-9H2/t14-,16+,18-,19-,20-/m1/s1. The average molecular weight is 510 g/mol. The van der Waals surface area contributed by atoms with Crippen LogP contribution in [0.4, 0.5) is 26.3 Å². The summed E-state index contributed by atoms with van der Waals surface area (Å²) in [4.78, 5) is 15.8. The number of fused-ring (bicyclic) bond motifs is 3. The molecule has 1 spiro atoms. The van der Waals surface area contributed by atoms with Crippen LogP contribution in [0.1, 0.15) is 46.2 Å². The van der Waals surface area contributed by atoms with E-state index in [-0.39, 0.29) is 29.9 Å². The van der Waals surface area contributed by atoms with E-state index < -0.39 is 51.7 Å². The SMILES string of the molecule is O=C(Cc1cc(C(F)(F)F)cc(C(F)(F)F)c1)OC[C@]1(Cl)C[C@@H]2c3cccnc3[C@H]3[C@@H](Cl)[C@@]231. The highest BCUT2D eigenvalue weighted by Gasteiger charge is 2.87. The van der Waals surface area contributed by atoms with Gasteiger partial charge >= 0.3 is 18.3 Å². The number of alkyl halides is 8. The topological polar surface area (TPSA) is 39.2 Å². The molecule has 1 heterocycles. The molecule has 0 unspecified atom stereocenters. The van der Waals surface area contributed by atoms with Crippen molar-refractivity contribution in [2.24, 2.45) is 5.41 Å². The van der Waals surface area contributed by atoms with Gasteiger partial charge in [0.05, 0.1) is 27.8 Å². The number of esters is 1. The van der Waals surface area contributed by atoms with E-state index >= 15 is 0 Å². The molecular weight excluding hydrogens is 495 g/mol. The normalized spacial score (nSPS) is 31.8. The number of hydrogen-bond donors (Lipinski definition) is 0. The number of hydrogen-bond acceptors (Lipinski definition) is 3. The highest BCUT2D eigenvalue weighted by atomic mass is 35.5. The average Bonchev–Trinajstić information content (AvgIpc) is 3.29. The number of carbonyl (C=O) groups excluding carboxylic acids is 1. The summed E-state index contributed by atoms with van der Waals surface area (Å²) in [5.74, 6) is -0.981. The Morgan fingerprint density at radius 2 is 1.76 bits per heavy atom. The van der Waals surface area contributed by atoms with Crippen LogP contribution in [0.2, 0.25) is 0 Å². The van der Waals surface area contributed by atoms with Gasteiger partial charge < -0.3 is 4.74 Å². The molecule has 0 N–H and O–H groups in total. The van der Waals surface area contributed by atoms with Gasteiger partial charge in [-0.1, -0.05) is 6.07 Å². The maximum Gasteiger partial charge on any atom is 0.416 e. The van der Waals surface area contributed by atoms with Gasteiger partial charge in [0, 0.05) is 23.2 Å². The summed E-state index contributed by atoms with van der Waals surface area (Å²) >= 11 is 13.3. The first-order chi connectivity index (χ1) is 15.3. The molecule has 3 aliphatic rings. The molecule has 0 saturated heterocycles. The van der Waals surface area contributed by atoms with E-state index in [4.69, 9.17) is 27.9 Å². The van der Waals surface area contributed by atoms with Crippen LogP contribution < -0.4 is 0 Å². The van der Waals surface area contributed by atoms with E-state index in [1.54, 1.807) is 6.20 Å². The summed E-state index contributed by atoms with van der Waals surface area (Å²) in [7, 11) is 0. The number of aromatic nitrogens is 1. The molecule has 1 aromatic heterocycles. The number of rotatable bonds is 4. The first-order valence-corrected chi connectivity index (χ1v) is 10.8. The minimum absolute atomic E-state index is 0.00981. The molecule has 2 aromatic rings. The Balaban J connectivity index is 1.30. The van der Waals surface area contributed by atoms with E-state index in [0.717, 1.165) is 11.3 Å². The summed E-state index contributed by atoms with van der Waals surface area (Å²) in [5, 5.41) is -0.285. The highest BCUT2D eigenvalue weighted by molar-refractivity contribution is 6.31. The van der Waals surface area contributed by atoms with Crippen molar-refractivity contribution in [1.29, 1.82) is 0 Å². The Labute approximate surface area is 194 Å². The second-order valence-corrected chi connectivity index (χ2v) is 9.96. The monoisotopic (exact) mass is 509 g/mol. The van der Waals surface area contributed by atoms with Crippen LogP contribution in [-0.2, 0) is 28.3 Å². The number of benzene rings is 1. The van der Waals surface area contributed by atoms with Crippen LogP contribution in [0.5, 0.6) is 0 Å². The number of ether oxygens (including phenoxy) is 1. The Morgan fingerprint density at radius 1 is 1.12 bits per heavy atom. The van der Waals surface area contributed by atoms with E-state index in [2.05, 4.69) is 4.98 Å². The smallest absolute Gasteiger partial charge is 0.416 e. The lowest BCUT2D eigenvalue weighted by atomic mass is 9.60. The molecule has 3 aliphatic carbocycles. The van der Waals surface area contributed by atoms with Crippen molar-refractivity contribution in [3.05, 3.63) is 64.5 Å². The van der Waals surface area contributed by atoms with Gasteiger partial charge in [-0.2, -0.15) is 26.3 Å². The van der Waals surface area contributed by atoms with Crippen LogP contribution in [0.3, 0.4) is 0 Å². The Morgan fingerprint density at radius 3 is 2.36 bits per heavy atom. The number of nitrogens with zero attached hydrogens (tertiary/aromatic N) is 1. The van der Waals surface area contributed by atoms with Gasteiger partial charge in [-0.05, 0) is 47.7 Å². The molecule has 2 saturated carbocycles. The maximum absolute atomic E-state index is 13.0. The number of carbonyl (C=O) groups is 1. The van der Waals surface area contributed by atoms with Crippen molar-refractivity contribution >= 4 is 29.2 Å². The summed E-state index contributed by atoms with van der Waals surface area (Å²) in [6, 6.07) is 4.81. The largest absolute Gasteiger partial charge is 0.464 e. The number of pyridine rings is 1.